The number of ether oxygens (including phenoxy) is 2. The quantitative estimate of drug-likeness (QED) is 0.781. The van der Waals surface area contributed by atoms with E-state index in [1.807, 2.05) is 0 Å². The molecule has 1 aliphatic carbocycles. The molecule has 1 saturated heterocycles. The lowest BCUT2D eigenvalue weighted by Gasteiger charge is -2.35. The summed E-state index contributed by atoms with van der Waals surface area (Å²) in [5, 5.41) is 3.32. The van der Waals surface area contributed by atoms with E-state index in [0.29, 0.717) is 25.8 Å². The molecule has 2 fully saturated rings. The van der Waals surface area contributed by atoms with E-state index in [1.54, 1.807) is 14.1 Å². The Balaban J connectivity index is 1.69. The van der Waals surface area contributed by atoms with Crippen LogP contribution in [-0.4, -0.2) is 64.2 Å². The van der Waals surface area contributed by atoms with Crippen LogP contribution in [0.4, 0.5) is 0 Å². The Labute approximate surface area is 115 Å². The summed E-state index contributed by atoms with van der Waals surface area (Å²) in [5.41, 5.74) is 0. The third-order valence-corrected chi connectivity index (χ3v) is 5.74. The zero-order valence-electron chi connectivity index (χ0n) is 11.7. The van der Waals surface area contributed by atoms with Crippen molar-refractivity contribution >= 4 is 10.0 Å². The van der Waals surface area contributed by atoms with Gasteiger partial charge in [0, 0.05) is 39.5 Å². The number of nitrogens with zero attached hydrogens (tertiary/aromatic N) is 1. The van der Waals surface area contributed by atoms with Crippen LogP contribution in [0.25, 0.3) is 0 Å². The molecule has 2 rings (SSSR count). The fourth-order valence-electron chi connectivity index (χ4n) is 2.62. The summed E-state index contributed by atoms with van der Waals surface area (Å²) < 4.78 is 35.8. The van der Waals surface area contributed by atoms with Crippen molar-refractivity contribution in [3.8, 4) is 0 Å². The summed E-state index contributed by atoms with van der Waals surface area (Å²) in [6.07, 6.45) is 3.74. The summed E-state index contributed by atoms with van der Waals surface area (Å²) in [5.74, 6) is -0.192. The van der Waals surface area contributed by atoms with Gasteiger partial charge in [0.2, 0.25) is 10.0 Å². The predicted molar refractivity (Wildman–Crippen MR) is 72.4 cm³/mol. The average Bonchev–Trinajstić information content (AvgIpc) is 2.80. The number of sulfonamides is 1. The van der Waals surface area contributed by atoms with Crippen LogP contribution in [0.3, 0.4) is 0 Å². The van der Waals surface area contributed by atoms with Crippen LogP contribution in [0.2, 0.25) is 0 Å². The maximum Gasteiger partial charge on any atom is 0.214 e. The van der Waals surface area contributed by atoms with Crippen LogP contribution in [0, 0.1) is 0 Å². The molecule has 6 nitrogen and oxygen atoms in total. The van der Waals surface area contributed by atoms with Gasteiger partial charge in [-0.25, -0.2) is 12.7 Å². The molecule has 0 aromatic rings. The first-order chi connectivity index (χ1) is 8.94. The van der Waals surface area contributed by atoms with Crippen LogP contribution in [0.1, 0.15) is 25.7 Å². The number of hydrogen-bond donors (Lipinski definition) is 1. The molecular weight excluding hydrogens is 268 g/mol. The number of nitrogens with one attached hydrogen (secondary N) is 1. The number of hydrogen-bond acceptors (Lipinski definition) is 5. The molecule has 2 aliphatic rings. The summed E-state index contributed by atoms with van der Waals surface area (Å²) in [6, 6.07) is 0.371. The Bertz CT molecular complexity index is 381. The van der Waals surface area contributed by atoms with E-state index in [-0.39, 0.29) is 11.5 Å². The van der Waals surface area contributed by atoms with Crippen molar-refractivity contribution in [1.82, 2.24) is 9.62 Å². The van der Waals surface area contributed by atoms with Crippen molar-refractivity contribution < 1.29 is 17.9 Å². The second kappa shape index (κ2) is 6.05. The molecule has 1 aliphatic heterocycles. The van der Waals surface area contributed by atoms with Gasteiger partial charge in [0.05, 0.1) is 19.0 Å². The van der Waals surface area contributed by atoms with Gasteiger partial charge in [-0.2, -0.15) is 0 Å². The Morgan fingerprint density at radius 1 is 1.21 bits per heavy atom. The molecule has 1 saturated carbocycles. The van der Waals surface area contributed by atoms with E-state index in [2.05, 4.69) is 5.32 Å². The standard InChI is InChI=1S/C12H24N2O4S/c1-14(2)19(15,16)10-7-13-11-3-5-12(6-4-11)17-8-9-18-12/h11,13H,3-10H2,1-2H3. The molecule has 0 radical (unpaired) electrons. The minimum Gasteiger partial charge on any atom is -0.348 e. The minimum absolute atomic E-state index is 0.147. The third-order valence-electron chi connectivity index (χ3n) is 3.91. The molecule has 19 heavy (non-hydrogen) atoms. The lowest BCUT2D eigenvalue weighted by Crippen LogP contribution is -2.43. The topological polar surface area (TPSA) is 67.9 Å². The van der Waals surface area contributed by atoms with Gasteiger partial charge in [0.15, 0.2) is 5.79 Å². The fraction of sp³-hybridized carbons (Fsp3) is 1.00. The van der Waals surface area contributed by atoms with Gasteiger partial charge in [-0.15, -0.1) is 0 Å². The monoisotopic (exact) mass is 292 g/mol. The first-order valence-electron chi connectivity index (χ1n) is 6.85. The zero-order chi connectivity index (χ0) is 13.9. The Morgan fingerprint density at radius 2 is 1.79 bits per heavy atom. The first kappa shape index (κ1) is 15.2. The molecule has 0 aromatic carbocycles. The van der Waals surface area contributed by atoms with Crippen LogP contribution < -0.4 is 5.32 Å². The van der Waals surface area contributed by atoms with Gasteiger partial charge in [-0.1, -0.05) is 0 Å². The van der Waals surface area contributed by atoms with Crippen LogP contribution in [0.15, 0.2) is 0 Å². The average molecular weight is 292 g/mol. The van der Waals surface area contributed by atoms with Gasteiger partial charge in [0.25, 0.3) is 0 Å². The highest BCUT2D eigenvalue weighted by Gasteiger charge is 2.40. The van der Waals surface area contributed by atoms with Crippen LogP contribution in [-0.2, 0) is 19.5 Å². The van der Waals surface area contributed by atoms with Crippen molar-refractivity contribution in [2.24, 2.45) is 0 Å². The van der Waals surface area contributed by atoms with Gasteiger partial charge < -0.3 is 14.8 Å². The SMILES string of the molecule is CN(C)S(=O)(=O)CCNC1CCC2(CC1)OCCO2. The highest BCUT2D eigenvalue weighted by atomic mass is 32.2. The summed E-state index contributed by atoms with van der Waals surface area (Å²) in [7, 11) is 0.0282. The largest absolute Gasteiger partial charge is 0.348 e. The third kappa shape index (κ3) is 3.88. The van der Waals surface area contributed by atoms with Crippen molar-refractivity contribution in [2.75, 3.05) is 39.6 Å². The molecule has 1 spiro atoms. The summed E-state index contributed by atoms with van der Waals surface area (Å²) in [6.45, 7) is 1.89. The van der Waals surface area contributed by atoms with Crippen molar-refractivity contribution in [3.63, 3.8) is 0 Å². The summed E-state index contributed by atoms with van der Waals surface area (Å²) in [4.78, 5) is 0. The molecule has 1 N–H and O–H groups in total. The van der Waals surface area contributed by atoms with Crippen molar-refractivity contribution in [2.45, 2.75) is 37.5 Å². The Morgan fingerprint density at radius 3 is 2.32 bits per heavy atom. The lowest BCUT2D eigenvalue weighted by molar-refractivity contribution is -0.179. The smallest absolute Gasteiger partial charge is 0.214 e. The molecule has 0 atom stereocenters. The molecule has 7 heteroatoms. The van der Waals surface area contributed by atoms with Crippen molar-refractivity contribution in [3.05, 3.63) is 0 Å². The van der Waals surface area contributed by atoms with E-state index in [4.69, 9.17) is 9.47 Å². The van der Waals surface area contributed by atoms with Gasteiger partial charge in [-0.05, 0) is 12.8 Å². The van der Waals surface area contributed by atoms with E-state index in [0.717, 1.165) is 25.7 Å². The van der Waals surface area contributed by atoms with Crippen LogP contribution >= 0.6 is 0 Å². The van der Waals surface area contributed by atoms with Crippen molar-refractivity contribution in [1.29, 1.82) is 0 Å². The zero-order valence-corrected chi connectivity index (χ0v) is 12.5. The van der Waals surface area contributed by atoms with E-state index in [1.165, 1.54) is 4.31 Å². The molecule has 0 amide bonds. The van der Waals surface area contributed by atoms with Gasteiger partial charge >= 0.3 is 0 Å². The predicted octanol–water partition coefficient (Wildman–Crippen LogP) is 0.153. The highest BCUT2D eigenvalue weighted by Crippen LogP contribution is 2.35. The Kier molecular flexibility index (Phi) is 4.84. The molecule has 0 unspecified atom stereocenters. The number of rotatable bonds is 5. The maximum atomic E-state index is 11.6. The van der Waals surface area contributed by atoms with E-state index < -0.39 is 10.0 Å². The second-order valence-electron chi connectivity index (χ2n) is 5.43. The van der Waals surface area contributed by atoms with Crippen LogP contribution in [0.5, 0.6) is 0 Å². The minimum atomic E-state index is -3.10. The van der Waals surface area contributed by atoms with Gasteiger partial charge in [-0.3, -0.25) is 0 Å². The molecule has 0 aromatic heterocycles. The second-order valence-corrected chi connectivity index (χ2v) is 7.74. The first-order valence-corrected chi connectivity index (χ1v) is 8.46. The van der Waals surface area contributed by atoms with Gasteiger partial charge in [0.1, 0.15) is 0 Å². The lowest BCUT2D eigenvalue weighted by atomic mass is 9.90. The normalized spacial score (nSPS) is 24.4. The molecule has 112 valence electrons. The molecule has 0 bridgehead atoms. The molecular formula is C12H24N2O4S. The Hall–Kier alpha value is -0.210. The van der Waals surface area contributed by atoms with E-state index >= 15 is 0 Å². The molecule has 1 heterocycles. The fourth-order valence-corrected chi connectivity index (χ4v) is 3.36. The summed E-state index contributed by atoms with van der Waals surface area (Å²) >= 11 is 0. The highest BCUT2D eigenvalue weighted by molar-refractivity contribution is 7.89. The maximum absolute atomic E-state index is 11.6. The van der Waals surface area contributed by atoms with E-state index in [9.17, 15) is 8.42 Å².